The Morgan fingerprint density at radius 1 is 1.08 bits per heavy atom. The summed E-state index contributed by atoms with van der Waals surface area (Å²) in [6.45, 7) is 6.68. The molecular weight excluding hydrogens is 308 g/mol. The number of ether oxygens (including phenoxy) is 1. The van der Waals surface area contributed by atoms with Crippen molar-refractivity contribution >= 4 is 16.7 Å². The number of esters is 1. The van der Waals surface area contributed by atoms with E-state index in [0.29, 0.717) is 23.5 Å². The molecule has 3 aliphatic rings. The summed E-state index contributed by atoms with van der Waals surface area (Å²) in [6.07, 6.45) is 5.58. The van der Waals surface area contributed by atoms with Crippen molar-refractivity contribution < 1.29 is 9.53 Å². The summed E-state index contributed by atoms with van der Waals surface area (Å²) in [5.74, 6) is 2.09. The minimum atomic E-state index is -0.195. The third-order valence-corrected chi connectivity index (χ3v) is 5.78. The third-order valence-electron chi connectivity index (χ3n) is 5.78. The summed E-state index contributed by atoms with van der Waals surface area (Å²) in [4.78, 5) is 12.8. The molecule has 3 aliphatic carbocycles. The van der Waals surface area contributed by atoms with Gasteiger partial charge in [-0.05, 0) is 54.0 Å². The van der Waals surface area contributed by atoms with Crippen molar-refractivity contribution in [1.29, 1.82) is 0 Å². The molecule has 0 heterocycles. The number of rotatable bonds is 3. The first-order valence-electron chi connectivity index (χ1n) is 9.14. The highest BCUT2D eigenvalue weighted by molar-refractivity contribution is 5.93. The Bertz CT molecular complexity index is 888. The van der Waals surface area contributed by atoms with Gasteiger partial charge in [-0.25, -0.2) is 4.79 Å². The Morgan fingerprint density at radius 3 is 2.56 bits per heavy atom. The SMILES string of the molecule is CC1=C[C@H]2C(C(=O)Oc3ccc4ccccc4c3)=C[C@@H]1C[C@H]2C(C)C. The molecule has 128 valence electrons. The van der Waals surface area contributed by atoms with Gasteiger partial charge in [0.15, 0.2) is 0 Å². The smallest absolute Gasteiger partial charge is 0.339 e. The number of hydrogen-bond acceptors (Lipinski definition) is 2. The van der Waals surface area contributed by atoms with E-state index in [0.717, 1.165) is 22.8 Å². The molecule has 3 atom stereocenters. The topological polar surface area (TPSA) is 26.3 Å². The fraction of sp³-hybridized carbons (Fsp3) is 0.348. The maximum Gasteiger partial charge on any atom is 0.339 e. The van der Waals surface area contributed by atoms with Crippen LogP contribution in [0.2, 0.25) is 0 Å². The number of carbonyl (C=O) groups is 1. The largest absolute Gasteiger partial charge is 0.423 e. The third kappa shape index (κ3) is 2.90. The molecule has 0 N–H and O–H groups in total. The molecular formula is C23H24O2. The summed E-state index contributed by atoms with van der Waals surface area (Å²) >= 11 is 0. The molecule has 0 amide bonds. The fourth-order valence-corrected chi connectivity index (χ4v) is 4.29. The van der Waals surface area contributed by atoms with E-state index < -0.39 is 0 Å². The molecule has 25 heavy (non-hydrogen) atoms. The van der Waals surface area contributed by atoms with E-state index >= 15 is 0 Å². The van der Waals surface area contributed by atoms with Crippen LogP contribution in [0.25, 0.3) is 10.8 Å². The molecule has 2 aromatic rings. The number of allylic oxidation sites excluding steroid dienone is 3. The van der Waals surface area contributed by atoms with Crippen molar-refractivity contribution in [3.05, 3.63) is 65.8 Å². The van der Waals surface area contributed by atoms with Gasteiger partial charge in [0.25, 0.3) is 0 Å². The number of hydrogen-bond donors (Lipinski definition) is 0. The molecule has 2 heteroatoms. The van der Waals surface area contributed by atoms with Crippen LogP contribution in [0.5, 0.6) is 5.75 Å². The number of fused-ring (bicyclic) bond motifs is 2. The van der Waals surface area contributed by atoms with Gasteiger partial charge in [0.05, 0.1) is 0 Å². The van der Waals surface area contributed by atoms with Gasteiger partial charge in [-0.1, -0.05) is 61.9 Å². The molecule has 0 radical (unpaired) electrons. The molecule has 0 aliphatic heterocycles. The zero-order chi connectivity index (χ0) is 17.6. The highest BCUT2D eigenvalue weighted by Crippen LogP contribution is 2.46. The second-order valence-electron chi connectivity index (χ2n) is 7.71. The molecule has 0 saturated carbocycles. The van der Waals surface area contributed by atoms with Gasteiger partial charge in [-0.3, -0.25) is 0 Å². The van der Waals surface area contributed by atoms with Crippen LogP contribution in [-0.2, 0) is 4.79 Å². The highest BCUT2D eigenvalue weighted by Gasteiger charge is 2.40. The predicted octanol–water partition coefficient (Wildman–Crippen LogP) is 5.54. The van der Waals surface area contributed by atoms with Crippen LogP contribution in [0.3, 0.4) is 0 Å². The van der Waals surface area contributed by atoms with Crippen molar-refractivity contribution in [2.75, 3.05) is 0 Å². The second-order valence-corrected chi connectivity index (χ2v) is 7.71. The van der Waals surface area contributed by atoms with Crippen LogP contribution in [0.15, 0.2) is 65.8 Å². The van der Waals surface area contributed by atoms with Gasteiger partial charge in [0.1, 0.15) is 5.75 Å². The zero-order valence-corrected chi connectivity index (χ0v) is 15.0. The van der Waals surface area contributed by atoms with Crippen LogP contribution >= 0.6 is 0 Å². The lowest BCUT2D eigenvalue weighted by Crippen LogP contribution is -2.36. The van der Waals surface area contributed by atoms with Crippen molar-refractivity contribution in [3.8, 4) is 5.75 Å². The van der Waals surface area contributed by atoms with Crippen LogP contribution < -0.4 is 4.74 Å². The van der Waals surface area contributed by atoms with Gasteiger partial charge in [-0.2, -0.15) is 0 Å². The zero-order valence-electron chi connectivity index (χ0n) is 15.0. The predicted molar refractivity (Wildman–Crippen MR) is 101 cm³/mol. The maximum atomic E-state index is 12.8. The summed E-state index contributed by atoms with van der Waals surface area (Å²) in [6, 6.07) is 13.9. The number of carbonyl (C=O) groups excluding carboxylic acids is 1. The quantitative estimate of drug-likeness (QED) is 0.419. The monoisotopic (exact) mass is 332 g/mol. The lowest BCUT2D eigenvalue weighted by atomic mass is 9.63. The van der Waals surface area contributed by atoms with Crippen LogP contribution in [0.1, 0.15) is 27.2 Å². The van der Waals surface area contributed by atoms with Gasteiger partial charge >= 0.3 is 5.97 Å². The Morgan fingerprint density at radius 2 is 1.84 bits per heavy atom. The van der Waals surface area contributed by atoms with Gasteiger partial charge in [0.2, 0.25) is 0 Å². The maximum absolute atomic E-state index is 12.8. The van der Waals surface area contributed by atoms with Crippen LogP contribution in [0.4, 0.5) is 0 Å². The Labute approximate surface area is 149 Å². The van der Waals surface area contributed by atoms with E-state index in [1.165, 1.54) is 5.57 Å². The van der Waals surface area contributed by atoms with E-state index in [1.54, 1.807) is 0 Å². The van der Waals surface area contributed by atoms with E-state index in [1.807, 2.05) is 36.4 Å². The average molecular weight is 332 g/mol. The molecule has 0 saturated heterocycles. The van der Waals surface area contributed by atoms with E-state index in [-0.39, 0.29) is 11.9 Å². The van der Waals surface area contributed by atoms with Crippen molar-refractivity contribution in [2.45, 2.75) is 27.2 Å². The molecule has 0 fully saturated rings. The minimum Gasteiger partial charge on any atom is -0.423 e. The van der Waals surface area contributed by atoms with Crippen LogP contribution in [-0.4, -0.2) is 5.97 Å². The molecule has 0 aromatic heterocycles. The number of benzene rings is 2. The highest BCUT2D eigenvalue weighted by atomic mass is 16.5. The molecule has 0 spiro atoms. The molecule has 2 bridgehead atoms. The summed E-state index contributed by atoms with van der Waals surface area (Å²) in [5, 5.41) is 2.24. The summed E-state index contributed by atoms with van der Waals surface area (Å²) < 4.78 is 5.74. The molecule has 2 aromatic carbocycles. The molecule has 2 nitrogen and oxygen atoms in total. The lowest BCUT2D eigenvalue weighted by molar-refractivity contribution is -0.131. The molecule has 5 rings (SSSR count). The summed E-state index contributed by atoms with van der Waals surface area (Å²) in [7, 11) is 0. The normalized spacial score (nSPS) is 25.0. The summed E-state index contributed by atoms with van der Waals surface area (Å²) in [5.41, 5.74) is 2.23. The first-order valence-corrected chi connectivity index (χ1v) is 9.14. The average Bonchev–Trinajstić information content (AvgIpc) is 2.61. The van der Waals surface area contributed by atoms with Crippen molar-refractivity contribution in [2.24, 2.45) is 23.7 Å². The molecule has 0 unspecified atom stereocenters. The van der Waals surface area contributed by atoms with E-state index in [2.05, 4.69) is 39.0 Å². The van der Waals surface area contributed by atoms with Crippen LogP contribution in [0, 0.1) is 23.7 Å². The standard InChI is InChI=1S/C23H24O2/c1-14(2)20-12-18-13-22(21(20)10-15(18)3)23(24)25-19-9-8-16-6-4-5-7-17(16)11-19/h4-11,13-14,18,20-21H,12H2,1-3H3/t18-,20-,21+/m0/s1. The minimum absolute atomic E-state index is 0.193. The first kappa shape index (κ1) is 16.1. The Hall–Kier alpha value is -2.35. The lowest BCUT2D eigenvalue weighted by Gasteiger charge is -2.41. The second kappa shape index (κ2) is 6.18. The first-order chi connectivity index (χ1) is 12.0. The van der Waals surface area contributed by atoms with Crippen molar-refractivity contribution in [3.63, 3.8) is 0 Å². The van der Waals surface area contributed by atoms with Gasteiger partial charge in [-0.15, -0.1) is 0 Å². The Kier molecular flexibility index (Phi) is 3.99. The van der Waals surface area contributed by atoms with Gasteiger partial charge in [0, 0.05) is 11.5 Å². The Balaban J connectivity index is 1.59. The van der Waals surface area contributed by atoms with Gasteiger partial charge < -0.3 is 4.74 Å². The van der Waals surface area contributed by atoms with E-state index in [9.17, 15) is 4.79 Å². The van der Waals surface area contributed by atoms with E-state index in [4.69, 9.17) is 4.74 Å². The van der Waals surface area contributed by atoms with Crippen molar-refractivity contribution in [1.82, 2.24) is 0 Å². The fourth-order valence-electron chi connectivity index (χ4n) is 4.29.